The minimum absolute atomic E-state index is 0.0801. The van der Waals surface area contributed by atoms with Crippen LogP contribution in [-0.2, 0) is 0 Å². The van der Waals surface area contributed by atoms with Crippen molar-refractivity contribution in [2.75, 3.05) is 11.1 Å². The predicted molar refractivity (Wildman–Crippen MR) is 70.7 cm³/mol. The number of aromatic nitrogens is 1. The van der Waals surface area contributed by atoms with E-state index in [9.17, 15) is 9.18 Å². The molecular formula is C12H9BrFN3O. The van der Waals surface area contributed by atoms with Gasteiger partial charge in [-0.05, 0) is 40.2 Å². The van der Waals surface area contributed by atoms with Crippen molar-refractivity contribution in [1.82, 2.24) is 4.98 Å². The van der Waals surface area contributed by atoms with E-state index in [4.69, 9.17) is 5.73 Å². The summed E-state index contributed by atoms with van der Waals surface area (Å²) < 4.78 is 14.0. The maximum atomic E-state index is 13.3. The number of rotatable bonds is 2. The fourth-order valence-electron chi connectivity index (χ4n) is 1.36. The minimum atomic E-state index is -0.587. The smallest absolute Gasteiger partial charge is 0.255 e. The van der Waals surface area contributed by atoms with Gasteiger partial charge in [-0.3, -0.25) is 9.78 Å². The van der Waals surface area contributed by atoms with E-state index in [1.807, 2.05) is 0 Å². The molecule has 0 atom stereocenters. The lowest BCUT2D eigenvalue weighted by Crippen LogP contribution is -2.13. The third-order valence-electron chi connectivity index (χ3n) is 2.28. The van der Waals surface area contributed by atoms with Crippen LogP contribution in [0.2, 0.25) is 0 Å². The fourth-order valence-corrected chi connectivity index (χ4v) is 1.60. The van der Waals surface area contributed by atoms with Gasteiger partial charge in [-0.15, -0.1) is 0 Å². The quantitative estimate of drug-likeness (QED) is 0.838. The third-order valence-corrected chi connectivity index (χ3v) is 3.00. The largest absolute Gasteiger partial charge is 0.398 e. The molecule has 2 aromatic rings. The maximum absolute atomic E-state index is 13.3. The number of nitrogen functional groups attached to an aromatic ring is 1. The summed E-state index contributed by atoms with van der Waals surface area (Å²) >= 11 is 3.23. The number of halogens is 2. The number of pyridine rings is 1. The zero-order chi connectivity index (χ0) is 13.1. The lowest BCUT2D eigenvalue weighted by atomic mass is 10.2. The van der Waals surface area contributed by atoms with E-state index in [0.29, 0.717) is 15.7 Å². The van der Waals surface area contributed by atoms with Crippen molar-refractivity contribution in [1.29, 1.82) is 0 Å². The number of amides is 1. The molecule has 18 heavy (non-hydrogen) atoms. The molecule has 3 N–H and O–H groups in total. The molecule has 0 saturated carbocycles. The van der Waals surface area contributed by atoms with Crippen molar-refractivity contribution in [3.05, 3.63) is 52.5 Å². The molecular weight excluding hydrogens is 301 g/mol. The number of anilines is 2. The van der Waals surface area contributed by atoms with Crippen LogP contribution >= 0.6 is 15.9 Å². The molecule has 0 aliphatic heterocycles. The second-order valence-corrected chi connectivity index (χ2v) is 4.40. The van der Waals surface area contributed by atoms with Crippen LogP contribution in [0.1, 0.15) is 10.4 Å². The summed E-state index contributed by atoms with van der Waals surface area (Å²) in [4.78, 5) is 15.5. The third kappa shape index (κ3) is 2.65. The zero-order valence-corrected chi connectivity index (χ0v) is 10.7. The highest BCUT2D eigenvalue weighted by molar-refractivity contribution is 9.10. The summed E-state index contributed by atoms with van der Waals surface area (Å²) in [6.45, 7) is 0. The molecule has 0 saturated heterocycles. The Morgan fingerprint density at radius 3 is 2.83 bits per heavy atom. The Bertz CT molecular complexity index is 604. The summed E-state index contributed by atoms with van der Waals surface area (Å²) in [7, 11) is 0. The molecule has 0 radical (unpaired) electrons. The molecule has 0 aliphatic carbocycles. The number of nitrogens with zero attached hydrogens (tertiary/aromatic N) is 1. The first-order chi connectivity index (χ1) is 8.58. The van der Waals surface area contributed by atoms with E-state index in [-0.39, 0.29) is 5.69 Å². The van der Waals surface area contributed by atoms with E-state index >= 15 is 0 Å². The average molecular weight is 310 g/mol. The van der Waals surface area contributed by atoms with Gasteiger partial charge in [0.05, 0.1) is 11.9 Å². The molecule has 0 spiro atoms. The van der Waals surface area contributed by atoms with E-state index < -0.39 is 11.7 Å². The van der Waals surface area contributed by atoms with Crippen molar-refractivity contribution in [3.63, 3.8) is 0 Å². The maximum Gasteiger partial charge on any atom is 0.255 e. The van der Waals surface area contributed by atoms with Crippen molar-refractivity contribution < 1.29 is 9.18 Å². The molecule has 1 aromatic heterocycles. The van der Waals surface area contributed by atoms with Crippen LogP contribution < -0.4 is 11.1 Å². The van der Waals surface area contributed by atoms with Crippen molar-refractivity contribution in [2.45, 2.75) is 0 Å². The number of carbonyl (C=O) groups is 1. The zero-order valence-electron chi connectivity index (χ0n) is 9.15. The highest BCUT2D eigenvalue weighted by Crippen LogP contribution is 2.21. The Morgan fingerprint density at radius 2 is 2.17 bits per heavy atom. The van der Waals surface area contributed by atoms with Crippen LogP contribution in [0.25, 0.3) is 0 Å². The van der Waals surface area contributed by atoms with Crippen LogP contribution in [0, 0.1) is 5.82 Å². The Labute approximate surface area is 111 Å². The van der Waals surface area contributed by atoms with Crippen molar-refractivity contribution >= 4 is 33.2 Å². The fraction of sp³-hybridized carbons (Fsp3) is 0. The summed E-state index contributed by atoms with van der Waals surface area (Å²) in [5, 5.41) is 2.45. The first-order valence-electron chi connectivity index (χ1n) is 5.04. The lowest BCUT2D eigenvalue weighted by Gasteiger charge is -2.07. The molecule has 0 fully saturated rings. The number of carbonyl (C=O) groups excluding carboxylic acids is 1. The molecule has 0 bridgehead atoms. The normalized spacial score (nSPS) is 10.1. The van der Waals surface area contributed by atoms with Gasteiger partial charge in [0.2, 0.25) is 0 Å². The molecule has 0 aliphatic rings. The number of hydrogen-bond acceptors (Lipinski definition) is 3. The van der Waals surface area contributed by atoms with Crippen LogP contribution in [0.15, 0.2) is 41.1 Å². The van der Waals surface area contributed by atoms with E-state index in [1.165, 1.54) is 18.3 Å². The Balaban J connectivity index is 2.22. The highest BCUT2D eigenvalue weighted by Gasteiger charge is 2.10. The Kier molecular flexibility index (Phi) is 3.57. The molecule has 4 nitrogen and oxygen atoms in total. The molecule has 1 aromatic carbocycles. The van der Waals surface area contributed by atoms with Gasteiger partial charge in [-0.1, -0.05) is 0 Å². The number of nitrogens with one attached hydrogen (secondary N) is 1. The highest BCUT2D eigenvalue weighted by atomic mass is 79.9. The van der Waals surface area contributed by atoms with Gasteiger partial charge in [0.1, 0.15) is 0 Å². The van der Waals surface area contributed by atoms with E-state index in [0.717, 1.165) is 6.20 Å². The second-order valence-electron chi connectivity index (χ2n) is 3.55. The number of benzene rings is 1. The van der Waals surface area contributed by atoms with Gasteiger partial charge in [0.25, 0.3) is 5.91 Å². The van der Waals surface area contributed by atoms with Gasteiger partial charge in [0.15, 0.2) is 5.82 Å². The van der Waals surface area contributed by atoms with Gasteiger partial charge in [0, 0.05) is 21.9 Å². The van der Waals surface area contributed by atoms with Crippen LogP contribution in [0.4, 0.5) is 15.8 Å². The summed E-state index contributed by atoms with van der Waals surface area (Å²) in [6, 6.07) is 6.15. The van der Waals surface area contributed by atoms with Crippen LogP contribution in [-0.4, -0.2) is 10.9 Å². The van der Waals surface area contributed by atoms with Gasteiger partial charge in [-0.2, -0.15) is 0 Å². The van der Waals surface area contributed by atoms with Gasteiger partial charge in [-0.25, -0.2) is 4.39 Å². The Hall–Kier alpha value is -1.95. The summed E-state index contributed by atoms with van der Waals surface area (Å²) in [5.74, 6) is -1.02. The van der Waals surface area contributed by atoms with E-state index in [1.54, 1.807) is 12.1 Å². The number of nitrogens with two attached hydrogens (primary N) is 1. The Morgan fingerprint density at radius 1 is 1.39 bits per heavy atom. The molecule has 1 amide bonds. The summed E-state index contributed by atoms with van der Waals surface area (Å²) in [5.41, 5.74) is 6.55. The lowest BCUT2D eigenvalue weighted by molar-refractivity contribution is 0.102. The molecule has 0 unspecified atom stereocenters. The van der Waals surface area contributed by atoms with Gasteiger partial charge < -0.3 is 11.1 Å². The summed E-state index contributed by atoms with van der Waals surface area (Å²) in [6.07, 6.45) is 2.43. The SMILES string of the molecule is Nc1cc(C(=O)Nc2ccncc2F)ccc1Br. The first kappa shape index (κ1) is 12.5. The molecule has 92 valence electrons. The molecule has 2 rings (SSSR count). The van der Waals surface area contributed by atoms with E-state index in [2.05, 4.69) is 26.2 Å². The average Bonchev–Trinajstić information content (AvgIpc) is 2.35. The number of hydrogen-bond donors (Lipinski definition) is 2. The van der Waals surface area contributed by atoms with Crippen molar-refractivity contribution in [2.24, 2.45) is 0 Å². The molecule has 1 heterocycles. The van der Waals surface area contributed by atoms with Crippen molar-refractivity contribution in [3.8, 4) is 0 Å². The first-order valence-corrected chi connectivity index (χ1v) is 5.83. The molecule has 6 heteroatoms. The van der Waals surface area contributed by atoms with Crippen LogP contribution in [0.3, 0.4) is 0 Å². The van der Waals surface area contributed by atoms with Crippen LogP contribution in [0.5, 0.6) is 0 Å². The standard InChI is InChI=1S/C12H9BrFN3O/c13-8-2-1-7(5-10(8)15)12(18)17-11-3-4-16-6-9(11)14/h1-6H,15H2,(H,16,17,18). The minimum Gasteiger partial charge on any atom is -0.398 e. The second kappa shape index (κ2) is 5.14. The monoisotopic (exact) mass is 309 g/mol. The predicted octanol–water partition coefficient (Wildman–Crippen LogP) is 2.82. The van der Waals surface area contributed by atoms with Gasteiger partial charge >= 0.3 is 0 Å². The topological polar surface area (TPSA) is 68.0 Å².